The molecule has 0 heterocycles. The molecule has 0 unspecified atom stereocenters. The van der Waals surface area contributed by atoms with E-state index in [9.17, 15) is 9.90 Å². The Kier molecular flexibility index (Phi) is 6.09. The molecule has 1 rings (SSSR count). The van der Waals surface area contributed by atoms with Gasteiger partial charge in [0.2, 0.25) is 0 Å². The van der Waals surface area contributed by atoms with Gasteiger partial charge in [0.05, 0.1) is 0 Å². The zero-order valence-electron chi connectivity index (χ0n) is 12.2. The number of carbonyl (C=O) groups excluding carboxylic acids is 1. The van der Waals surface area contributed by atoms with Crippen LogP contribution >= 0.6 is 0 Å². The van der Waals surface area contributed by atoms with E-state index in [1.54, 1.807) is 11.9 Å². The normalized spacial score (nSPS) is 18.6. The van der Waals surface area contributed by atoms with Gasteiger partial charge < -0.3 is 14.9 Å². The maximum atomic E-state index is 11.9. The van der Waals surface area contributed by atoms with Crippen molar-refractivity contribution in [2.75, 3.05) is 27.2 Å². The fourth-order valence-corrected chi connectivity index (χ4v) is 2.46. The SMILES string of the molecule is CC(C)[C@@H](O)C(=O)N(C)CCN(C)C1CCCC1. The summed E-state index contributed by atoms with van der Waals surface area (Å²) in [4.78, 5) is 15.9. The molecular weight excluding hydrogens is 228 g/mol. The van der Waals surface area contributed by atoms with Crippen LogP contribution in [-0.4, -0.2) is 60.1 Å². The van der Waals surface area contributed by atoms with E-state index >= 15 is 0 Å². The molecule has 1 aliphatic carbocycles. The van der Waals surface area contributed by atoms with E-state index in [-0.39, 0.29) is 11.8 Å². The van der Waals surface area contributed by atoms with Crippen LogP contribution in [0, 0.1) is 5.92 Å². The topological polar surface area (TPSA) is 43.8 Å². The van der Waals surface area contributed by atoms with E-state index in [0.717, 1.165) is 6.54 Å². The van der Waals surface area contributed by atoms with Crippen molar-refractivity contribution in [3.63, 3.8) is 0 Å². The Morgan fingerprint density at radius 2 is 1.78 bits per heavy atom. The molecule has 18 heavy (non-hydrogen) atoms. The predicted octanol–water partition coefficient (Wildman–Crippen LogP) is 1.34. The zero-order chi connectivity index (χ0) is 13.7. The summed E-state index contributed by atoms with van der Waals surface area (Å²) in [7, 11) is 3.91. The van der Waals surface area contributed by atoms with Crippen molar-refractivity contribution in [3.05, 3.63) is 0 Å². The average Bonchev–Trinajstić information content (AvgIpc) is 2.87. The third kappa shape index (κ3) is 4.25. The molecule has 0 spiro atoms. The maximum Gasteiger partial charge on any atom is 0.251 e. The molecule has 1 amide bonds. The standard InChI is InChI=1S/C14H28N2O2/c1-11(2)13(17)14(18)16(4)10-9-15(3)12-7-5-6-8-12/h11-13,17H,5-10H2,1-4H3/t13-/m1/s1. The summed E-state index contributed by atoms with van der Waals surface area (Å²) in [5.41, 5.74) is 0. The van der Waals surface area contributed by atoms with Crippen molar-refractivity contribution >= 4 is 5.91 Å². The number of nitrogens with zero attached hydrogens (tertiary/aromatic N) is 2. The fourth-order valence-electron chi connectivity index (χ4n) is 2.46. The molecule has 4 heteroatoms. The van der Waals surface area contributed by atoms with E-state index in [4.69, 9.17) is 0 Å². The second-order valence-corrected chi connectivity index (χ2v) is 5.87. The van der Waals surface area contributed by atoms with Crippen LogP contribution in [0.2, 0.25) is 0 Å². The van der Waals surface area contributed by atoms with Gasteiger partial charge in [0.15, 0.2) is 0 Å². The summed E-state index contributed by atoms with van der Waals surface area (Å²) >= 11 is 0. The lowest BCUT2D eigenvalue weighted by molar-refractivity contribution is -0.141. The summed E-state index contributed by atoms with van der Waals surface area (Å²) in [6, 6.07) is 0.684. The monoisotopic (exact) mass is 256 g/mol. The van der Waals surface area contributed by atoms with Gasteiger partial charge in [-0.15, -0.1) is 0 Å². The van der Waals surface area contributed by atoms with Gasteiger partial charge in [0, 0.05) is 26.2 Å². The van der Waals surface area contributed by atoms with Crippen molar-refractivity contribution < 1.29 is 9.90 Å². The molecule has 0 aliphatic heterocycles. The number of likely N-dealkylation sites (N-methyl/N-ethyl adjacent to an activating group) is 2. The molecule has 0 aromatic carbocycles. The summed E-state index contributed by atoms with van der Waals surface area (Å²) in [5.74, 6) is -0.183. The third-order valence-corrected chi connectivity index (χ3v) is 4.00. The lowest BCUT2D eigenvalue weighted by atomic mass is 10.1. The summed E-state index contributed by atoms with van der Waals surface area (Å²) < 4.78 is 0. The van der Waals surface area contributed by atoms with Crippen LogP contribution in [0.5, 0.6) is 0 Å². The summed E-state index contributed by atoms with van der Waals surface area (Å²) in [6.07, 6.45) is 4.35. The number of aliphatic hydroxyl groups excluding tert-OH is 1. The van der Waals surface area contributed by atoms with Crippen LogP contribution in [-0.2, 0) is 4.79 Å². The first-order chi connectivity index (χ1) is 8.43. The van der Waals surface area contributed by atoms with E-state index in [0.29, 0.717) is 12.6 Å². The molecule has 4 nitrogen and oxygen atoms in total. The zero-order valence-corrected chi connectivity index (χ0v) is 12.2. The first kappa shape index (κ1) is 15.4. The van der Waals surface area contributed by atoms with Gasteiger partial charge in [0.1, 0.15) is 6.10 Å². The first-order valence-electron chi connectivity index (χ1n) is 7.06. The molecule has 1 atom stereocenters. The number of hydrogen-bond acceptors (Lipinski definition) is 3. The van der Waals surface area contributed by atoms with Gasteiger partial charge in [-0.05, 0) is 25.8 Å². The Labute approximate surface area is 111 Å². The first-order valence-corrected chi connectivity index (χ1v) is 7.06. The van der Waals surface area contributed by atoms with Crippen LogP contribution in [0.3, 0.4) is 0 Å². The lowest BCUT2D eigenvalue weighted by Crippen LogP contribution is -2.43. The van der Waals surface area contributed by atoms with Crippen LogP contribution in [0.15, 0.2) is 0 Å². The maximum absolute atomic E-state index is 11.9. The molecule has 106 valence electrons. The lowest BCUT2D eigenvalue weighted by Gasteiger charge is -2.28. The Balaban J connectivity index is 2.31. The van der Waals surface area contributed by atoms with E-state index < -0.39 is 6.10 Å². The van der Waals surface area contributed by atoms with Gasteiger partial charge in [-0.25, -0.2) is 0 Å². The van der Waals surface area contributed by atoms with E-state index in [1.165, 1.54) is 25.7 Å². The molecule has 1 aliphatic rings. The van der Waals surface area contributed by atoms with Crippen LogP contribution in [0.4, 0.5) is 0 Å². The van der Waals surface area contributed by atoms with Crippen molar-refractivity contribution in [1.82, 2.24) is 9.80 Å². The second kappa shape index (κ2) is 7.10. The van der Waals surface area contributed by atoms with Crippen LogP contribution in [0.1, 0.15) is 39.5 Å². The number of aliphatic hydroxyl groups is 1. The second-order valence-electron chi connectivity index (χ2n) is 5.87. The van der Waals surface area contributed by atoms with E-state index in [1.807, 2.05) is 13.8 Å². The Morgan fingerprint density at radius 3 is 2.28 bits per heavy atom. The highest BCUT2D eigenvalue weighted by Gasteiger charge is 2.24. The largest absolute Gasteiger partial charge is 0.383 e. The predicted molar refractivity (Wildman–Crippen MR) is 73.4 cm³/mol. The molecule has 0 aromatic rings. The highest BCUT2D eigenvalue weighted by molar-refractivity contribution is 5.80. The molecule has 0 bridgehead atoms. The highest BCUT2D eigenvalue weighted by Crippen LogP contribution is 2.22. The highest BCUT2D eigenvalue weighted by atomic mass is 16.3. The summed E-state index contributed by atoms with van der Waals surface area (Å²) in [5, 5.41) is 9.74. The molecular formula is C14H28N2O2. The molecule has 0 saturated heterocycles. The van der Waals surface area contributed by atoms with Gasteiger partial charge in [0.25, 0.3) is 5.91 Å². The Hall–Kier alpha value is -0.610. The molecule has 0 radical (unpaired) electrons. The average molecular weight is 256 g/mol. The minimum absolute atomic E-state index is 0.0208. The molecule has 0 aromatic heterocycles. The molecule has 1 saturated carbocycles. The Morgan fingerprint density at radius 1 is 1.22 bits per heavy atom. The minimum atomic E-state index is -0.869. The van der Waals surface area contributed by atoms with Crippen LogP contribution in [0.25, 0.3) is 0 Å². The fraction of sp³-hybridized carbons (Fsp3) is 0.929. The molecule has 1 fully saturated rings. The number of amides is 1. The number of rotatable bonds is 6. The number of hydrogen-bond donors (Lipinski definition) is 1. The van der Waals surface area contributed by atoms with Crippen molar-refractivity contribution in [2.45, 2.75) is 51.7 Å². The smallest absolute Gasteiger partial charge is 0.251 e. The minimum Gasteiger partial charge on any atom is -0.383 e. The quantitative estimate of drug-likeness (QED) is 0.780. The van der Waals surface area contributed by atoms with Gasteiger partial charge >= 0.3 is 0 Å². The third-order valence-electron chi connectivity index (χ3n) is 4.00. The van der Waals surface area contributed by atoms with E-state index in [2.05, 4.69) is 11.9 Å². The Bertz CT molecular complexity index is 263. The van der Waals surface area contributed by atoms with Crippen molar-refractivity contribution in [2.24, 2.45) is 5.92 Å². The number of carbonyl (C=O) groups is 1. The van der Waals surface area contributed by atoms with Crippen LogP contribution < -0.4 is 0 Å². The summed E-state index contributed by atoms with van der Waals surface area (Å²) in [6.45, 7) is 5.30. The van der Waals surface area contributed by atoms with Gasteiger partial charge in [-0.1, -0.05) is 26.7 Å². The van der Waals surface area contributed by atoms with Gasteiger partial charge in [-0.3, -0.25) is 4.79 Å². The van der Waals surface area contributed by atoms with Crippen molar-refractivity contribution in [1.29, 1.82) is 0 Å². The van der Waals surface area contributed by atoms with Crippen molar-refractivity contribution in [3.8, 4) is 0 Å². The van der Waals surface area contributed by atoms with Gasteiger partial charge in [-0.2, -0.15) is 0 Å². The molecule has 1 N–H and O–H groups in total.